The van der Waals surface area contributed by atoms with Gasteiger partial charge in [0.2, 0.25) is 17.7 Å². The van der Waals surface area contributed by atoms with Crippen LogP contribution < -0.4 is 0 Å². The lowest BCUT2D eigenvalue weighted by Crippen LogP contribution is -2.52. The summed E-state index contributed by atoms with van der Waals surface area (Å²) in [5.74, 6) is 1.53. The lowest BCUT2D eigenvalue weighted by molar-refractivity contribution is -0.135. The molecule has 1 aromatic carbocycles. The number of nitrogens with zero attached hydrogens (tertiary/aromatic N) is 4. The van der Waals surface area contributed by atoms with E-state index in [4.69, 9.17) is 4.42 Å². The normalized spacial score (nSPS) is 17.9. The molecule has 1 aromatic heterocycles. The topological polar surface area (TPSA) is 69.9 Å². The summed E-state index contributed by atoms with van der Waals surface area (Å²) in [6.07, 6.45) is 3.69. The van der Waals surface area contributed by atoms with Gasteiger partial charge in [-0.25, -0.2) is 4.98 Å². The largest absolute Gasteiger partial charge is 0.441 e. The number of rotatable bonds is 5. The van der Waals surface area contributed by atoms with Crippen molar-refractivity contribution in [1.29, 1.82) is 0 Å². The molecule has 7 nitrogen and oxygen atoms in total. The molecule has 7 heteroatoms. The van der Waals surface area contributed by atoms with Gasteiger partial charge in [-0.05, 0) is 38.3 Å². The molecule has 0 N–H and O–H groups in total. The number of aromatic nitrogens is 1. The molecule has 2 saturated heterocycles. The fourth-order valence-electron chi connectivity index (χ4n) is 4.14. The van der Waals surface area contributed by atoms with Gasteiger partial charge in [0.15, 0.2) is 0 Å². The second-order valence-corrected chi connectivity index (χ2v) is 8.16. The van der Waals surface area contributed by atoms with E-state index in [0.717, 1.165) is 44.6 Å². The molecule has 0 unspecified atom stereocenters. The van der Waals surface area contributed by atoms with Crippen molar-refractivity contribution >= 4 is 11.8 Å². The highest BCUT2D eigenvalue weighted by molar-refractivity contribution is 5.79. The van der Waals surface area contributed by atoms with E-state index in [9.17, 15) is 9.59 Å². The maximum absolute atomic E-state index is 12.8. The standard InChI is InChI=1S/C23H30N4O3/c1-18-20(24-23(30-18)19-8-4-2-5-9-19)16-21(28)27-14-12-25(13-15-27)17-22(29)26-10-6-3-7-11-26/h2,4-5,8-9H,3,6-7,10-17H2,1H3. The van der Waals surface area contributed by atoms with Crippen molar-refractivity contribution in [3.63, 3.8) is 0 Å². The van der Waals surface area contributed by atoms with Crippen LogP contribution in [0.5, 0.6) is 0 Å². The van der Waals surface area contributed by atoms with Gasteiger partial charge in [0.05, 0.1) is 18.7 Å². The van der Waals surface area contributed by atoms with Crippen molar-refractivity contribution in [2.24, 2.45) is 0 Å². The van der Waals surface area contributed by atoms with E-state index in [0.29, 0.717) is 37.0 Å². The van der Waals surface area contributed by atoms with Crippen LogP contribution in [0.3, 0.4) is 0 Å². The van der Waals surface area contributed by atoms with E-state index in [1.54, 1.807) is 0 Å². The van der Waals surface area contributed by atoms with Crippen LogP contribution in [-0.4, -0.2) is 77.3 Å². The summed E-state index contributed by atoms with van der Waals surface area (Å²) in [5, 5.41) is 0. The average molecular weight is 411 g/mol. The van der Waals surface area contributed by atoms with Crippen LogP contribution >= 0.6 is 0 Å². The van der Waals surface area contributed by atoms with Gasteiger partial charge in [-0.2, -0.15) is 0 Å². The van der Waals surface area contributed by atoms with Gasteiger partial charge in [-0.15, -0.1) is 0 Å². The van der Waals surface area contributed by atoms with Gasteiger partial charge < -0.3 is 14.2 Å². The van der Waals surface area contributed by atoms with Gasteiger partial charge in [0.1, 0.15) is 5.76 Å². The zero-order valence-corrected chi connectivity index (χ0v) is 17.7. The van der Waals surface area contributed by atoms with Crippen LogP contribution in [0.15, 0.2) is 34.7 Å². The maximum Gasteiger partial charge on any atom is 0.236 e. The zero-order valence-electron chi connectivity index (χ0n) is 17.7. The van der Waals surface area contributed by atoms with Crippen molar-refractivity contribution in [1.82, 2.24) is 19.7 Å². The van der Waals surface area contributed by atoms with Crippen molar-refractivity contribution < 1.29 is 14.0 Å². The number of carbonyl (C=O) groups is 2. The lowest BCUT2D eigenvalue weighted by atomic mass is 10.1. The highest BCUT2D eigenvalue weighted by Crippen LogP contribution is 2.22. The Morgan fingerprint density at radius 3 is 2.27 bits per heavy atom. The second kappa shape index (κ2) is 9.43. The molecular formula is C23H30N4O3. The Hall–Kier alpha value is -2.67. The summed E-state index contributed by atoms with van der Waals surface area (Å²) in [6, 6.07) is 9.72. The fourth-order valence-corrected chi connectivity index (χ4v) is 4.14. The predicted molar refractivity (Wildman–Crippen MR) is 114 cm³/mol. The molecule has 2 aliphatic rings. The SMILES string of the molecule is Cc1oc(-c2ccccc2)nc1CC(=O)N1CCN(CC(=O)N2CCCCC2)CC1. The van der Waals surface area contributed by atoms with Crippen LogP contribution in [0.1, 0.15) is 30.7 Å². The van der Waals surface area contributed by atoms with Crippen LogP contribution in [0.4, 0.5) is 0 Å². The van der Waals surface area contributed by atoms with E-state index in [1.165, 1.54) is 6.42 Å². The molecule has 0 saturated carbocycles. The highest BCUT2D eigenvalue weighted by atomic mass is 16.4. The maximum atomic E-state index is 12.8. The van der Waals surface area contributed by atoms with Gasteiger partial charge in [0.25, 0.3) is 0 Å². The Bertz CT molecular complexity index is 866. The molecule has 2 aliphatic heterocycles. The first-order valence-electron chi connectivity index (χ1n) is 10.9. The van der Waals surface area contributed by atoms with Crippen molar-refractivity contribution in [2.45, 2.75) is 32.6 Å². The van der Waals surface area contributed by atoms with E-state index >= 15 is 0 Å². The Morgan fingerprint density at radius 1 is 0.900 bits per heavy atom. The summed E-state index contributed by atoms with van der Waals surface area (Å²) >= 11 is 0. The summed E-state index contributed by atoms with van der Waals surface area (Å²) in [5.41, 5.74) is 1.60. The molecule has 0 atom stereocenters. The number of aryl methyl sites for hydroxylation is 1. The molecular weight excluding hydrogens is 380 g/mol. The number of piperidine rings is 1. The lowest BCUT2D eigenvalue weighted by Gasteiger charge is -2.36. The first kappa shape index (κ1) is 20.6. The number of piperazine rings is 1. The fraction of sp³-hybridized carbons (Fsp3) is 0.522. The minimum Gasteiger partial charge on any atom is -0.441 e. The minimum absolute atomic E-state index is 0.0630. The van der Waals surface area contributed by atoms with Crippen molar-refractivity contribution in [2.75, 3.05) is 45.8 Å². The summed E-state index contributed by atoms with van der Waals surface area (Å²) < 4.78 is 5.78. The Labute approximate surface area is 177 Å². The number of oxazole rings is 1. The van der Waals surface area contributed by atoms with Crippen LogP contribution in [0, 0.1) is 6.92 Å². The zero-order chi connectivity index (χ0) is 20.9. The van der Waals surface area contributed by atoms with Crippen LogP contribution in [-0.2, 0) is 16.0 Å². The summed E-state index contributed by atoms with van der Waals surface area (Å²) in [7, 11) is 0. The van der Waals surface area contributed by atoms with Crippen LogP contribution in [0.2, 0.25) is 0 Å². The van der Waals surface area contributed by atoms with E-state index in [1.807, 2.05) is 47.1 Å². The average Bonchev–Trinajstić information content (AvgIpc) is 3.15. The first-order chi connectivity index (χ1) is 14.6. The van der Waals surface area contributed by atoms with Crippen LogP contribution in [0.25, 0.3) is 11.5 Å². The Balaban J connectivity index is 1.27. The molecule has 30 heavy (non-hydrogen) atoms. The van der Waals surface area contributed by atoms with E-state index < -0.39 is 0 Å². The molecule has 3 heterocycles. The highest BCUT2D eigenvalue weighted by Gasteiger charge is 2.26. The predicted octanol–water partition coefficient (Wildman–Crippen LogP) is 2.35. The van der Waals surface area contributed by atoms with E-state index in [-0.39, 0.29) is 18.2 Å². The first-order valence-corrected chi connectivity index (χ1v) is 10.9. The third-order valence-electron chi connectivity index (χ3n) is 6.02. The monoisotopic (exact) mass is 410 g/mol. The number of benzene rings is 1. The smallest absolute Gasteiger partial charge is 0.236 e. The Kier molecular flexibility index (Phi) is 6.47. The quantitative estimate of drug-likeness (QED) is 0.757. The minimum atomic E-state index is 0.0630. The molecule has 2 fully saturated rings. The number of carbonyl (C=O) groups excluding carboxylic acids is 2. The summed E-state index contributed by atoms with van der Waals surface area (Å²) in [4.78, 5) is 35.8. The molecule has 4 rings (SSSR count). The molecule has 2 amide bonds. The van der Waals surface area contributed by atoms with Crippen molar-refractivity contribution in [3.05, 3.63) is 41.8 Å². The molecule has 0 bridgehead atoms. The third kappa shape index (κ3) is 4.90. The number of amides is 2. The number of likely N-dealkylation sites (tertiary alicyclic amines) is 1. The molecule has 0 spiro atoms. The second-order valence-electron chi connectivity index (χ2n) is 8.16. The van der Waals surface area contributed by atoms with Gasteiger partial charge in [0, 0.05) is 44.8 Å². The number of hydrogen-bond donors (Lipinski definition) is 0. The summed E-state index contributed by atoms with van der Waals surface area (Å²) in [6.45, 7) is 6.86. The Morgan fingerprint density at radius 2 is 1.57 bits per heavy atom. The van der Waals surface area contributed by atoms with Gasteiger partial charge in [-0.3, -0.25) is 14.5 Å². The van der Waals surface area contributed by atoms with E-state index in [2.05, 4.69) is 9.88 Å². The molecule has 2 aromatic rings. The number of hydrogen-bond acceptors (Lipinski definition) is 5. The molecule has 0 radical (unpaired) electrons. The van der Waals surface area contributed by atoms with Crippen molar-refractivity contribution in [3.8, 4) is 11.5 Å². The molecule has 160 valence electrons. The van der Waals surface area contributed by atoms with Gasteiger partial charge >= 0.3 is 0 Å². The third-order valence-corrected chi connectivity index (χ3v) is 6.02. The molecule has 0 aliphatic carbocycles. The van der Waals surface area contributed by atoms with Gasteiger partial charge in [-0.1, -0.05) is 18.2 Å².